The number of para-hydroxylation sites is 1. The van der Waals surface area contributed by atoms with Crippen molar-refractivity contribution in [3.63, 3.8) is 0 Å². The number of hydrogen-bond acceptors (Lipinski definition) is 21. The number of phenols is 1. The lowest BCUT2D eigenvalue weighted by Crippen LogP contribution is -2.61. The number of nitrogens with two attached hydrogens (primary N) is 1. The molecule has 6 rings (SSSR count). The van der Waals surface area contributed by atoms with Crippen molar-refractivity contribution >= 4 is 87.9 Å². The minimum Gasteiger partial charge on any atom is -0.508 e. The quantitative estimate of drug-likeness (QED) is 0.0157. The van der Waals surface area contributed by atoms with Crippen molar-refractivity contribution in [1.29, 1.82) is 0 Å². The molecule has 35 nitrogen and oxygen atoms in total. The molecule has 0 bridgehead atoms. The lowest BCUT2D eigenvalue weighted by Gasteiger charge is -2.30. The van der Waals surface area contributed by atoms with Gasteiger partial charge in [0.15, 0.2) is 0 Å². The van der Waals surface area contributed by atoms with Crippen LogP contribution in [-0.4, -0.2) is 272 Å². The second kappa shape index (κ2) is 44.1. The summed E-state index contributed by atoms with van der Waals surface area (Å²) < 4.78 is 0. The van der Waals surface area contributed by atoms with E-state index in [1.807, 2.05) is 0 Å². The Morgan fingerprint density at radius 3 is 1.47 bits per heavy atom. The summed E-state index contributed by atoms with van der Waals surface area (Å²) in [5.41, 5.74) is 7.86. The third kappa shape index (κ3) is 29.6. The summed E-state index contributed by atoms with van der Waals surface area (Å²) >= 11 is 0. The van der Waals surface area contributed by atoms with E-state index in [2.05, 4.69) is 58.2 Å². The molecule has 2 fully saturated rings. The Kier molecular flexibility index (Phi) is 35.3. The zero-order chi connectivity index (χ0) is 78.1. The molecule has 3 aromatic carbocycles. The predicted molar refractivity (Wildman–Crippen MR) is 387 cm³/mol. The summed E-state index contributed by atoms with van der Waals surface area (Å²) in [6.07, 6.45) is 3.75. The van der Waals surface area contributed by atoms with Gasteiger partial charge in [0, 0.05) is 82.3 Å². The van der Waals surface area contributed by atoms with E-state index >= 15 is 0 Å². The maximum atomic E-state index is 14.9. The molecule has 9 atom stereocenters. The molecule has 2 aliphatic rings. The van der Waals surface area contributed by atoms with Crippen molar-refractivity contribution in [2.24, 2.45) is 17.6 Å². The van der Waals surface area contributed by atoms with Gasteiger partial charge in [-0.15, -0.1) is 0 Å². The number of amides is 9. The number of H-pyrrole nitrogens is 1. The fraction of sp³-hybridized carbons (Fsp3) is 0.542. The maximum absolute atomic E-state index is 14.9. The van der Waals surface area contributed by atoms with Crippen molar-refractivity contribution in [3.8, 4) is 5.75 Å². The Morgan fingerprint density at radius 2 is 0.935 bits per heavy atom. The number of aliphatic hydroxyl groups is 2. The van der Waals surface area contributed by atoms with Crippen LogP contribution < -0.4 is 58.9 Å². The van der Waals surface area contributed by atoms with Crippen LogP contribution in [0.2, 0.25) is 0 Å². The van der Waals surface area contributed by atoms with E-state index in [1.165, 1.54) is 24.3 Å². The molecule has 586 valence electrons. The van der Waals surface area contributed by atoms with Crippen LogP contribution in [-0.2, 0) is 81.6 Å². The van der Waals surface area contributed by atoms with Crippen molar-refractivity contribution in [1.82, 2.24) is 72.9 Å². The Hall–Kier alpha value is -10.2. The number of rotatable bonds is 43. The maximum Gasteiger partial charge on any atom is 0.328 e. The van der Waals surface area contributed by atoms with Crippen LogP contribution in [0.5, 0.6) is 5.75 Å². The smallest absolute Gasteiger partial charge is 0.328 e. The molecule has 20 N–H and O–H groups in total. The van der Waals surface area contributed by atoms with E-state index in [0.29, 0.717) is 40.4 Å². The van der Waals surface area contributed by atoms with E-state index in [1.54, 1.807) is 89.3 Å². The number of fused-ring (bicyclic) bond motifs is 1. The van der Waals surface area contributed by atoms with Crippen LogP contribution in [0.3, 0.4) is 0 Å². The number of nitrogens with one attached hydrogen (secondary N) is 11. The molecule has 9 amide bonds. The molecule has 3 unspecified atom stereocenters. The average Bonchev–Trinajstić information content (AvgIpc) is 1.77. The third-order valence-electron chi connectivity index (χ3n) is 18.5. The largest absolute Gasteiger partial charge is 0.508 e. The molecule has 35 heteroatoms. The number of carboxylic acid groups (broad SMARTS) is 4. The number of phenolic OH excluding ortho intramolecular Hbond substituents is 1. The van der Waals surface area contributed by atoms with Gasteiger partial charge in [-0.2, -0.15) is 0 Å². The third-order valence-corrected chi connectivity index (χ3v) is 18.5. The molecule has 1 saturated carbocycles. The zero-order valence-electron chi connectivity index (χ0n) is 60.2. The summed E-state index contributed by atoms with van der Waals surface area (Å²) in [7, 11) is 0. The monoisotopic (exact) mass is 1500 g/mol. The summed E-state index contributed by atoms with van der Waals surface area (Å²) in [6.45, 7) is 1.62. The van der Waals surface area contributed by atoms with Crippen LogP contribution in [0.15, 0.2) is 85.1 Å². The number of hydrogen-bond donors (Lipinski definition) is 19. The number of aliphatic carboxylic acids is 4. The first-order chi connectivity index (χ1) is 51.1. The lowest BCUT2D eigenvalue weighted by molar-refractivity contribution is -0.143. The van der Waals surface area contributed by atoms with Crippen LogP contribution in [0, 0.1) is 11.8 Å². The second-order valence-corrected chi connectivity index (χ2v) is 27.4. The first-order valence-electron chi connectivity index (χ1n) is 35.9. The minimum atomic E-state index is -1.84. The van der Waals surface area contributed by atoms with E-state index < -0.39 is 158 Å². The molecule has 1 aliphatic heterocycles. The number of carboxylic acids is 4. The lowest BCUT2D eigenvalue weighted by atomic mass is 9.84. The van der Waals surface area contributed by atoms with Crippen LogP contribution >= 0.6 is 0 Å². The summed E-state index contributed by atoms with van der Waals surface area (Å²) in [5.74, 6) is -14.5. The standard InChI is InChI=1S/C72H103N15O20/c1-43(2)30-52(65(99)82-56(69(103)84-59(41-89)72(106)107)34-47-36-75-50-17-10-9-16-49(47)50)78-66(100)55(33-46-19-21-48(90)22-20-46)79-64(98)51(18-11-23-74-42-73)77-71(105)58(40-88)83-68(102)54(32-45-14-7-4-8-15-45)80-67(101)53(31-44-12-5-3-6-13-44)81-70(104)57(35-61(92)93)76-60(91)37-85-24-26-86(38-62(94)95)28-29-87(27-25-85)39-63(96)97/h4,7-10,14-17,19-22,36,43-44,51-59,74-75,88-90H,3,5-6,11-13,18,23-35,37-42,73H2,1-2H3,(H,76,91)(H,77,105)(H,78,100)(H,79,98)(H,80,101)(H,81,104)(H,82,99)(H,83,102)(H,84,103)(H,92,93)(H,94,95)(H,96,97)(H,106,107)/t51?,52-,53+,54?,55+,56+,57-,58?,59+/m1/s1. The molecule has 1 aliphatic carbocycles. The summed E-state index contributed by atoms with van der Waals surface area (Å²) in [4.78, 5) is 186. The van der Waals surface area contributed by atoms with Gasteiger partial charge < -0.3 is 99.6 Å². The topological polar surface area (TPSA) is 535 Å². The highest BCUT2D eigenvalue weighted by Gasteiger charge is 2.38. The Balaban J connectivity index is 1.23. The van der Waals surface area contributed by atoms with Gasteiger partial charge in [0.25, 0.3) is 0 Å². The van der Waals surface area contributed by atoms with Gasteiger partial charge in [0.1, 0.15) is 60.1 Å². The number of carbonyl (C=O) groups is 13. The number of aromatic nitrogens is 1. The molecule has 1 aromatic heterocycles. The van der Waals surface area contributed by atoms with Crippen LogP contribution in [0.1, 0.15) is 94.7 Å². The summed E-state index contributed by atoms with van der Waals surface area (Å²) in [6, 6.07) is 6.71. The fourth-order valence-corrected chi connectivity index (χ4v) is 12.8. The number of aromatic hydroxyl groups is 1. The molecular formula is C72H103N15O20. The number of aromatic amines is 1. The number of nitrogens with zero attached hydrogens (tertiary/aromatic N) is 3. The fourth-order valence-electron chi connectivity index (χ4n) is 12.8. The van der Waals surface area contributed by atoms with E-state index in [9.17, 15) is 98.1 Å². The van der Waals surface area contributed by atoms with Crippen molar-refractivity contribution in [2.45, 2.75) is 152 Å². The van der Waals surface area contributed by atoms with Gasteiger partial charge in [0.2, 0.25) is 53.2 Å². The molecule has 2 heterocycles. The first-order valence-corrected chi connectivity index (χ1v) is 35.9. The highest BCUT2D eigenvalue weighted by Crippen LogP contribution is 2.28. The molecule has 107 heavy (non-hydrogen) atoms. The summed E-state index contributed by atoms with van der Waals surface area (Å²) in [5, 5.41) is 96.5. The highest BCUT2D eigenvalue weighted by molar-refractivity contribution is 5.99. The first kappa shape index (κ1) is 85.8. The zero-order valence-corrected chi connectivity index (χ0v) is 60.2. The Labute approximate surface area is 618 Å². The van der Waals surface area contributed by atoms with E-state index in [4.69, 9.17) is 5.73 Å². The predicted octanol–water partition coefficient (Wildman–Crippen LogP) is -2.80. The SMILES string of the molecule is CC(C)C[C@@H](NC(=O)[C@H](Cc1ccc(O)cc1)NC(=O)C(CCCNCN)NC(=O)C(CO)NC(=O)C(Cc1ccccc1)NC(=O)[C@H](CC1CCCCC1)NC(=O)[C@@H](CC(=O)O)NC(=O)CN1CCN(CC(=O)O)CCN(CC(=O)O)CC1)C(=O)N[C@@H](Cc1c[nH]c2ccccc12)C(=O)N[C@@H](CO)C(=O)O. The van der Waals surface area contributed by atoms with Gasteiger partial charge in [-0.1, -0.05) is 107 Å². The van der Waals surface area contributed by atoms with Gasteiger partial charge in [-0.05, 0) is 79.0 Å². The molecule has 0 spiro atoms. The Morgan fingerprint density at radius 1 is 0.486 bits per heavy atom. The number of carbonyl (C=O) groups excluding carboxylic acids is 9. The second-order valence-electron chi connectivity index (χ2n) is 27.4. The molecule has 1 saturated heterocycles. The molecule has 4 aromatic rings. The van der Waals surface area contributed by atoms with Gasteiger partial charge in [0.05, 0.1) is 39.3 Å². The van der Waals surface area contributed by atoms with E-state index in [0.717, 1.165) is 19.3 Å². The van der Waals surface area contributed by atoms with Crippen molar-refractivity contribution < 1.29 is 98.1 Å². The van der Waals surface area contributed by atoms with Gasteiger partial charge >= 0.3 is 23.9 Å². The molecule has 0 radical (unpaired) electrons. The van der Waals surface area contributed by atoms with Crippen LogP contribution in [0.4, 0.5) is 0 Å². The minimum absolute atomic E-state index is 0.00788. The molecular weight excluding hydrogens is 1390 g/mol. The normalized spacial score (nSPS) is 16.5. The van der Waals surface area contributed by atoms with E-state index in [-0.39, 0.29) is 128 Å². The van der Waals surface area contributed by atoms with Crippen molar-refractivity contribution in [2.75, 3.05) is 85.3 Å². The highest BCUT2D eigenvalue weighted by atomic mass is 16.4. The average molecular weight is 1500 g/mol. The van der Waals surface area contributed by atoms with Crippen molar-refractivity contribution in [3.05, 3.63) is 102 Å². The number of aliphatic hydroxyl groups excluding tert-OH is 2. The number of benzene rings is 3. The Bertz CT molecular complexity index is 3610. The van der Waals surface area contributed by atoms with Gasteiger partial charge in [-0.25, -0.2) is 4.79 Å². The van der Waals surface area contributed by atoms with Gasteiger partial charge in [-0.3, -0.25) is 72.2 Å². The van der Waals surface area contributed by atoms with Crippen LogP contribution in [0.25, 0.3) is 10.9 Å².